The molecule has 2 amide bonds. The van der Waals surface area contributed by atoms with Gasteiger partial charge in [0.25, 0.3) is 11.9 Å². The number of hydrogen-bond acceptors (Lipinski definition) is 9. The van der Waals surface area contributed by atoms with Crippen LogP contribution in [0.3, 0.4) is 0 Å². The molecule has 1 unspecified atom stereocenters. The summed E-state index contributed by atoms with van der Waals surface area (Å²) in [5.41, 5.74) is 9.90. The van der Waals surface area contributed by atoms with Gasteiger partial charge in [-0.3, -0.25) is 9.59 Å². The summed E-state index contributed by atoms with van der Waals surface area (Å²) < 4.78 is 0.827. The Bertz CT molecular complexity index is 1030. The van der Waals surface area contributed by atoms with Crippen molar-refractivity contribution in [2.24, 2.45) is 16.6 Å². The molecule has 0 aliphatic heterocycles. The highest BCUT2D eigenvalue weighted by molar-refractivity contribution is 7.16. The molecular weight excluding hydrogens is 465 g/mol. The van der Waals surface area contributed by atoms with Gasteiger partial charge >= 0.3 is 7.12 Å². The van der Waals surface area contributed by atoms with E-state index >= 15 is 0 Å². The first kappa shape index (κ1) is 27.0. The van der Waals surface area contributed by atoms with Gasteiger partial charge in [0.2, 0.25) is 5.91 Å². The first-order valence-corrected chi connectivity index (χ1v) is 11.5. The molecule has 2 rings (SSSR count). The molecule has 34 heavy (non-hydrogen) atoms. The minimum absolute atomic E-state index is 0.0699. The van der Waals surface area contributed by atoms with Gasteiger partial charge in [-0.25, -0.2) is 20.1 Å². The third kappa shape index (κ3) is 8.57. The number of thiazole rings is 1. The van der Waals surface area contributed by atoms with E-state index in [2.05, 4.69) is 20.6 Å². The number of nitrogens with one attached hydrogen (secondary N) is 3. The highest BCUT2D eigenvalue weighted by Crippen LogP contribution is 2.19. The second-order valence-corrected chi connectivity index (χ2v) is 8.80. The van der Waals surface area contributed by atoms with E-state index in [0.29, 0.717) is 12.0 Å². The topological polar surface area (TPSA) is 205 Å². The molecule has 7 N–H and O–H groups in total. The van der Waals surface area contributed by atoms with E-state index in [-0.39, 0.29) is 31.2 Å². The summed E-state index contributed by atoms with van der Waals surface area (Å²) in [6, 6.07) is 3.53. The van der Waals surface area contributed by atoms with Crippen LogP contribution in [0.15, 0.2) is 28.7 Å². The molecule has 15 heteroatoms. The smallest absolute Gasteiger partial charge is 0.427 e. The van der Waals surface area contributed by atoms with Gasteiger partial charge in [-0.2, -0.15) is 0 Å². The predicted molar refractivity (Wildman–Crippen MR) is 128 cm³/mol. The monoisotopic (exact) mass is 493 g/mol. The quantitative estimate of drug-likeness (QED) is 0.0581. The lowest BCUT2D eigenvalue weighted by molar-refractivity contribution is -0.525. The summed E-state index contributed by atoms with van der Waals surface area (Å²) in [7, 11) is -1.60. The molecule has 0 aliphatic rings. The van der Waals surface area contributed by atoms with Crippen LogP contribution in [0.25, 0.3) is 10.2 Å². The zero-order valence-corrected chi connectivity index (χ0v) is 19.6. The molecule has 184 valence electrons. The molecule has 0 saturated heterocycles. The molecule has 0 fully saturated rings. The summed E-state index contributed by atoms with van der Waals surface area (Å²) >= 11 is 1.39. The summed E-state index contributed by atoms with van der Waals surface area (Å²) in [4.78, 5) is 44.2. The van der Waals surface area contributed by atoms with Gasteiger partial charge in [0.15, 0.2) is 5.03 Å². The molecule has 1 aromatic carbocycles. The standard InChI is InChI=1S/C19H28BN7O6S/c1-11(2)15(9-20(30)31)25-18(29)14(4-3-7-22-19(21)26-27(32)33)24-17(28)12-5-6-13-16(8-12)34-10-23-13/h5-6,8,10-11,14-15,30-31H,3-4,7,9H2,1-2H3,(H,24,28)(H,25,29)(H3,21,22,26)/t14-,15?/m0/s1. The SMILES string of the molecule is CC(C)C(CB(O)O)NC(=O)[C@H](CCCN=C(N)N[N+](=O)[O-])NC(=O)c1ccc2ncsc2c1. The predicted octanol–water partition coefficient (Wildman–Crippen LogP) is -0.115. The van der Waals surface area contributed by atoms with Gasteiger partial charge in [-0.05, 0) is 37.0 Å². The molecule has 0 spiro atoms. The first-order chi connectivity index (χ1) is 16.1. The number of hydrazine groups is 1. The highest BCUT2D eigenvalue weighted by Gasteiger charge is 2.27. The van der Waals surface area contributed by atoms with Gasteiger partial charge < -0.3 is 26.4 Å². The van der Waals surface area contributed by atoms with Crippen molar-refractivity contribution in [1.82, 2.24) is 21.0 Å². The fourth-order valence-electron chi connectivity index (χ4n) is 3.14. The summed E-state index contributed by atoms with van der Waals surface area (Å²) in [6.07, 6.45) is 0.392. The number of guanidine groups is 1. The second kappa shape index (κ2) is 12.8. The molecule has 1 heterocycles. The Morgan fingerprint density at radius 3 is 2.71 bits per heavy atom. The summed E-state index contributed by atoms with van der Waals surface area (Å²) in [5.74, 6) is -1.41. The molecule has 1 aromatic heterocycles. The highest BCUT2D eigenvalue weighted by atomic mass is 32.1. The number of nitrogens with two attached hydrogens (primary N) is 1. The minimum atomic E-state index is -1.60. The van der Waals surface area contributed by atoms with E-state index in [4.69, 9.17) is 5.73 Å². The second-order valence-electron chi connectivity index (χ2n) is 7.91. The number of hydrogen-bond donors (Lipinski definition) is 6. The van der Waals surface area contributed by atoms with Crippen LogP contribution in [0.1, 0.15) is 37.0 Å². The maximum Gasteiger partial charge on any atom is 0.453 e. The third-order valence-electron chi connectivity index (χ3n) is 4.95. The molecule has 2 aromatic rings. The Hall–Kier alpha value is -3.30. The Morgan fingerprint density at radius 2 is 2.06 bits per heavy atom. The van der Waals surface area contributed by atoms with Crippen molar-refractivity contribution in [2.45, 2.75) is 45.1 Å². The zero-order valence-electron chi connectivity index (χ0n) is 18.8. The zero-order chi connectivity index (χ0) is 25.3. The largest absolute Gasteiger partial charge is 0.453 e. The van der Waals surface area contributed by atoms with Gasteiger partial charge in [0, 0.05) is 24.5 Å². The summed E-state index contributed by atoms with van der Waals surface area (Å²) in [6.45, 7) is 3.73. The van der Waals surface area contributed by atoms with Crippen LogP contribution >= 0.6 is 11.3 Å². The number of aliphatic imine (C=N–C) groups is 1. The lowest BCUT2D eigenvalue weighted by Gasteiger charge is -2.26. The number of nitro groups is 1. The maximum absolute atomic E-state index is 13.0. The third-order valence-corrected chi connectivity index (χ3v) is 5.74. The molecule has 0 aliphatic carbocycles. The number of carbonyl (C=O) groups excluding carboxylic acids is 2. The fraction of sp³-hybridized carbons (Fsp3) is 0.474. The fourth-order valence-corrected chi connectivity index (χ4v) is 3.86. The number of nitrogens with zero attached hydrogens (tertiary/aromatic N) is 3. The van der Waals surface area contributed by atoms with E-state index in [1.165, 1.54) is 11.3 Å². The van der Waals surface area contributed by atoms with Crippen LogP contribution in [-0.4, -0.2) is 63.6 Å². The van der Waals surface area contributed by atoms with Crippen molar-refractivity contribution in [1.29, 1.82) is 0 Å². The number of rotatable bonds is 12. The maximum atomic E-state index is 13.0. The number of aromatic nitrogens is 1. The molecule has 0 radical (unpaired) electrons. The average molecular weight is 493 g/mol. The average Bonchev–Trinajstić information content (AvgIpc) is 3.22. The van der Waals surface area contributed by atoms with Crippen molar-refractivity contribution in [3.05, 3.63) is 39.4 Å². The number of benzene rings is 1. The lowest BCUT2D eigenvalue weighted by Crippen LogP contribution is -2.51. The molecule has 2 atom stereocenters. The van der Waals surface area contributed by atoms with E-state index < -0.39 is 36.0 Å². The Labute approximate surface area is 200 Å². The van der Waals surface area contributed by atoms with Crippen molar-refractivity contribution >= 4 is 46.4 Å². The normalized spacial score (nSPS) is 13.4. The Balaban J connectivity index is 2.11. The first-order valence-electron chi connectivity index (χ1n) is 10.6. The molecular formula is C19H28BN7O6S. The van der Waals surface area contributed by atoms with E-state index in [1.807, 2.05) is 13.8 Å². The van der Waals surface area contributed by atoms with E-state index in [0.717, 1.165) is 10.2 Å². The van der Waals surface area contributed by atoms with Crippen LogP contribution < -0.4 is 21.8 Å². The Morgan fingerprint density at radius 1 is 1.32 bits per heavy atom. The van der Waals surface area contributed by atoms with Crippen molar-refractivity contribution < 1.29 is 24.7 Å². The summed E-state index contributed by atoms with van der Waals surface area (Å²) in [5, 5.41) is 33.7. The Kier molecular flexibility index (Phi) is 10.2. The van der Waals surface area contributed by atoms with Gasteiger partial charge in [0.05, 0.1) is 15.7 Å². The van der Waals surface area contributed by atoms with Crippen LogP contribution in [0.2, 0.25) is 6.32 Å². The van der Waals surface area contributed by atoms with Gasteiger partial charge in [0.1, 0.15) is 6.04 Å². The van der Waals surface area contributed by atoms with Crippen LogP contribution in [0.5, 0.6) is 0 Å². The number of fused-ring (bicyclic) bond motifs is 1. The van der Waals surface area contributed by atoms with Gasteiger partial charge in [-0.15, -0.1) is 11.3 Å². The van der Waals surface area contributed by atoms with Crippen LogP contribution in [-0.2, 0) is 4.79 Å². The number of amides is 2. The van der Waals surface area contributed by atoms with Crippen LogP contribution in [0, 0.1) is 16.0 Å². The molecule has 13 nitrogen and oxygen atoms in total. The van der Waals surface area contributed by atoms with Crippen molar-refractivity contribution in [2.75, 3.05) is 6.54 Å². The minimum Gasteiger partial charge on any atom is -0.427 e. The van der Waals surface area contributed by atoms with E-state index in [1.54, 1.807) is 29.1 Å². The van der Waals surface area contributed by atoms with E-state index in [9.17, 15) is 29.8 Å². The van der Waals surface area contributed by atoms with Crippen molar-refractivity contribution in [3.8, 4) is 0 Å². The lowest BCUT2D eigenvalue weighted by atomic mass is 9.78. The van der Waals surface area contributed by atoms with Crippen LogP contribution in [0.4, 0.5) is 0 Å². The van der Waals surface area contributed by atoms with Crippen molar-refractivity contribution in [3.63, 3.8) is 0 Å². The number of carbonyl (C=O) groups is 2. The van der Waals surface area contributed by atoms with Gasteiger partial charge in [-0.1, -0.05) is 19.3 Å². The molecule has 0 bridgehead atoms. The molecule has 0 saturated carbocycles.